The first-order chi connectivity index (χ1) is 10.9. The van der Waals surface area contributed by atoms with Gasteiger partial charge in [-0.1, -0.05) is 36.4 Å². The highest BCUT2D eigenvalue weighted by Gasteiger charge is 2.15. The van der Waals surface area contributed by atoms with E-state index < -0.39 is 5.97 Å². The van der Waals surface area contributed by atoms with Gasteiger partial charge >= 0.3 is 5.97 Å². The summed E-state index contributed by atoms with van der Waals surface area (Å²) in [7, 11) is 0. The fraction of sp³-hybridized carbons (Fsp3) is 0.286. The lowest BCUT2D eigenvalue weighted by atomic mass is 9.85. The molecule has 2 nitrogen and oxygen atoms in total. The van der Waals surface area contributed by atoms with Crippen LogP contribution in [0.2, 0.25) is 0 Å². The van der Waals surface area contributed by atoms with Crippen LogP contribution in [0.4, 0.5) is 0 Å². The van der Waals surface area contributed by atoms with Gasteiger partial charge in [0.05, 0.1) is 0 Å². The summed E-state index contributed by atoms with van der Waals surface area (Å²) in [6, 6.07) is 2.27. The number of rotatable bonds is 4. The molecular weight excluding hydrogens is 284 g/mol. The number of allylic oxidation sites excluding steroid dienone is 6. The van der Waals surface area contributed by atoms with Crippen molar-refractivity contribution in [1.82, 2.24) is 0 Å². The van der Waals surface area contributed by atoms with E-state index in [-0.39, 0.29) is 0 Å². The van der Waals surface area contributed by atoms with Crippen LogP contribution >= 0.6 is 0 Å². The standard InChI is InChI=1S/C21H24O2/c1-5-8-18(11-14(2)12-20(22)23)21-15(3)13-17-9-6-7-10-19(17)16(21)4/h5,7-8,10-13H,6,9H2,1-4H3,(H,22,23). The summed E-state index contributed by atoms with van der Waals surface area (Å²) in [5.41, 5.74) is 8.21. The molecule has 0 atom stereocenters. The molecule has 0 bridgehead atoms. The maximum Gasteiger partial charge on any atom is 0.328 e. The summed E-state index contributed by atoms with van der Waals surface area (Å²) in [6.07, 6.45) is 13.9. The van der Waals surface area contributed by atoms with E-state index in [0.29, 0.717) is 0 Å². The van der Waals surface area contributed by atoms with E-state index in [0.717, 1.165) is 24.0 Å². The third kappa shape index (κ3) is 3.89. The summed E-state index contributed by atoms with van der Waals surface area (Å²) < 4.78 is 0. The summed E-state index contributed by atoms with van der Waals surface area (Å²) in [5, 5.41) is 8.93. The molecule has 1 N–H and O–H groups in total. The largest absolute Gasteiger partial charge is 0.478 e. The summed E-state index contributed by atoms with van der Waals surface area (Å²) in [4.78, 5) is 10.9. The zero-order valence-electron chi connectivity index (χ0n) is 14.3. The van der Waals surface area contributed by atoms with Crippen LogP contribution in [0.3, 0.4) is 0 Å². The second kappa shape index (κ2) is 7.28. The Bertz CT molecular complexity index is 744. The van der Waals surface area contributed by atoms with Gasteiger partial charge in [-0.15, -0.1) is 0 Å². The van der Waals surface area contributed by atoms with Gasteiger partial charge in [-0.2, -0.15) is 0 Å². The number of carboxylic acids is 1. The van der Waals surface area contributed by atoms with Crippen LogP contribution in [0.5, 0.6) is 0 Å². The van der Waals surface area contributed by atoms with Gasteiger partial charge in [-0.25, -0.2) is 4.79 Å². The molecule has 2 rings (SSSR count). The second-order valence-corrected chi connectivity index (χ2v) is 6.03. The van der Waals surface area contributed by atoms with Crippen LogP contribution in [0, 0.1) is 13.8 Å². The van der Waals surface area contributed by atoms with E-state index >= 15 is 0 Å². The van der Waals surface area contributed by atoms with E-state index in [1.54, 1.807) is 0 Å². The Kier molecular flexibility index (Phi) is 5.38. The number of hydrogen-bond donors (Lipinski definition) is 1. The number of hydrogen-bond acceptors (Lipinski definition) is 1. The Morgan fingerprint density at radius 1 is 1.26 bits per heavy atom. The van der Waals surface area contributed by atoms with Crippen molar-refractivity contribution >= 4 is 17.6 Å². The highest BCUT2D eigenvalue weighted by Crippen LogP contribution is 2.33. The number of fused-ring (bicyclic) bond motifs is 1. The minimum absolute atomic E-state index is 0.734. The van der Waals surface area contributed by atoms with Crippen LogP contribution in [-0.4, -0.2) is 11.1 Å². The first-order valence-corrected chi connectivity index (χ1v) is 7.99. The fourth-order valence-electron chi connectivity index (χ4n) is 3.27. The maximum atomic E-state index is 10.9. The van der Waals surface area contributed by atoms with E-state index in [1.807, 2.05) is 32.1 Å². The lowest BCUT2D eigenvalue weighted by molar-refractivity contribution is -0.131. The fourth-order valence-corrected chi connectivity index (χ4v) is 3.27. The lowest BCUT2D eigenvalue weighted by Gasteiger charge is -2.20. The molecule has 0 aromatic heterocycles. The molecule has 0 heterocycles. The van der Waals surface area contributed by atoms with Crippen LogP contribution in [0.1, 0.15) is 48.1 Å². The molecule has 0 saturated heterocycles. The van der Waals surface area contributed by atoms with Crippen molar-refractivity contribution in [3.05, 3.63) is 69.8 Å². The van der Waals surface area contributed by atoms with Crippen molar-refractivity contribution in [3.8, 4) is 0 Å². The lowest BCUT2D eigenvalue weighted by Crippen LogP contribution is -2.03. The molecule has 1 aromatic rings. The Balaban J connectivity index is 2.64. The highest BCUT2D eigenvalue weighted by atomic mass is 16.4. The first kappa shape index (κ1) is 17.0. The monoisotopic (exact) mass is 308 g/mol. The van der Waals surface area contributed by atoms with E-state index in [4.69, 9.17) is 5.11 Å². The van der Waals surface area contributed by atoms with Gasteiger partial charge in [0.25, 0.3) is 0 Å². The van der Waals surface area contributed by atoms with Crippen LogP contribution in [0.15, 0.2) is 42.0 Å². The Morgan fingerprint density at radius 2 is 2.00 bits per heavy atom. The van der Waals surface area contributed by atoms with E-state index in [1.165, 1.54) is 33.9 Å². The third-order valence-corrected chi connectivity index (χ3v) is 4.14. The molecule has 0 fully saturated rings. The maximum absolute atomic E-state index is 10.9. The predicted octanol–water partition coefficient (Wildman–Crippen LogP) is 5.25. The van der Waals surface area contributed by atoms with Gasteiger partial charge in [0.15, 0.2) is 0 Å². The van der Waals surface area contributed by atoms with Crippen LogP contribution in [-0.2, 0) is 11.2 Å². The SMILES string of the molecule is CC=CC(=CC(C)=CC(=O)O)c1c(C)cc2c(c1C)C=CCC2. The number of carbonyl (C=O) groups is 1. The molecular formula is C21H24O2. The predicted molar refractivity (Wildman–Crippen MR) is 97.5 cm³/mol. The minimum atomic E-state index is -0.916. The first-order valence-electron chi connectivity index (χ1n) is 7.99. The van der Waals surface area contributed by atoms with Gasteiger partial charge in [0.1, 0.15) is 0 Å². The van der Waals surface area contributed by atoms with Gasteiger partial charge < -0.3 is 5.11 Å². The number of carboxylic acid groups (broad SMARTS) is 1. The molecule has 2 heteroatoms. The Labute approximate surface area is 138 Å². The quantitative estimate of drug-likeness (QED) is 0.609. The smallest absolute Gasteiger partial charge is 0.328 e. The van der Waals surface area contributed by atoms with Crippen molar-refractivity contribution in [3.63, 3.8) is 0 Å². The van der Waals surface area contributed by atoms with E-state index in [9.17, 15) is 4.79 Å². The summed E-state index contributed by atoms with van der Waals surface area (Å²) >= 11 is 0. The average Bonchev–Trinajstić information content (AvgIpc) is 2.46. The van der Waals surface area contributed by atoms with Gasteiger partial charge in [0, 0.05) is 6.08 Å². The number of benzene rings is 1. The molecule has 0 spiro atoms. The van der Waals surface area contributed by atoms with Crippen LogP contribution in [0.25, 0.3) is 11.6 Å². The Morgan fingerprint density at radius 3 is 2.65 bits per heavy atom. The molecule has 1 aliphatic carbocycles. The zero-order valence-corrected chi connectivity index (χ0v) is 14.3. The summed E-state index contributed by atoms with van der Waals surface area (Å²) in [5.74, 6) is -0.916. The molecule has 0 amide bonds. The van der Waals surface area contributed by atoms with Gasteiger partial charge in [-0.05, 0) is 79.5 Å². The van der Waals surface area contributed by atoms with E-state index in [2.05, 4.69) is 32.1 Å². The van der Waals surface area contributed by atoms with Crippen molar-refractivity contribution in [1.29, 1.82) is 0 Å². The molecule has 23 heavy (non-hydrogen) atoms. The number of aliphatic carboxylic acids is 1. The van der Waals surface area contributed by atoms with Gasteiger partial charge in [-0.3, -0.25) is 0 Å². The zero-order chi connectivity index (χ0) is 17.0. The van der Waals surface area contributed by atoms with Crippen molar-refractivity contribution < 1.29 is 9.90 Å². The molecule has 1 aromatic carbocycles. The normalized spacial score (nSPS) is 15.1. The molecule has 0 radical (unpaired) electrons. The van der Waals surface area contributed by atoms with Crippen molar-refractivity contribution in [2.45, 2.75) is 40.5 Å². The minimum Gasteiger partial charge on any atom is -0.478 e. The Hall–Kier alpha value is -2.35. The molecule has 1 aliphatic rings. The molecule has 120 valence electrons. The topological polar surface area (TPSA) is 37.3 Å². The van der Waals surface area contributed by atoms with Crippen LogP contribution < -0.4 is 0 Å². The molecule has 0 unspecified atom stereocenters. The molecule has 0 aliphatic heterocycles. The number of aryl methyl sites for hydroxylation is 2. The average molecular weight is 308 g/mol. The molecule has 0 saturated carbocycles. The summed E-state index contributed by atoms with van der Waals surface area (Å²) in [6.45, 7) is 8.09. The third-order valence-electron chi connectivity index (χ3n) is 4.14. The highest BCUT2D eigenvalue weighted by molar-refractivity contribution is 5.85. The van der Waals surface area contributed by atoms with Crippen molar-refractivity contribution in [2.24, 2.45) is 0 Å². The van der Waals surface area contributed by atoms with Crippen molar-refractivity contribution in [2.75, 3.05) is 0 Å². The second-order valence-electron chi connectivity index (χ2n) is 6.03. The van der Waals surface area contributed by atoms with Gasteiger partial charge in [0.2, 0.25) is 0 Å².